The molecule has 0 aromatic carbocycles. The fraction of sp³-hybridized carbons (Fsp3) is 1.00. The molecule has 0 aromatic rings. The summed E-state index contributed by atoms with van der Waals surface area (Å²) in [6, 6.07) is 0. The van der Waals surface area contributed by atoms with Gasteiger partial charge in [-0.3, -0.25) is 0 Å². The third-order valence-corrected chi connectivity index (χ3v) is 3.79. The Bertz CT molecular complexity index is 223. The quantitative estimate of drug-likeness (QED) is 0.546. The van der Waals surface area contributed by atoms with E-state index in [4.69, 9.17) is 5.73 Å². The molecule has 13 heavy (non-hydrogen) atoms. The number of aliphatic hydroxyl groups is 1. The lowest BCUT2D eigenvalue weighted by Crippen LogP contribution is -2.76. The molecule has 1 aliphatic carbocycles. The summed E-state index contributed by atoms with van der Waals surface area (Å²) in [6.45, 7) is 5.94. The Labute approximate surface area is 79.7 Å². The van der Waals surface area contributed by atoms with Crippen LogP contribution in [0.25, 0.3) is 0 Å². The average molecular weight is 184 g/mol. The van der Waals surface area contributed by atoms with Crippen LogP contribution in [0.15, 0.2) is 0 Å². The molecule has 2 fully saturated rings. The largest absolute Gasteiger partial charge is 0.388 e. The van der Waals surface area contributed by atoms with E-state index in [1.165, 1.54) is 0 Å². The minimum Gasteiger partial charge on any atom is -0.388 e. The molecule has 0 amide bonds. The van der Waals surface area contributed by atoms with Gasteiger partial charge < -0.3 is 16.2 Å². The van der Waals surface area contributed by atoms with Crippen LogP contribution in [0.1, 0.15) is 33.1 Å². The zero-order chi connectivity index (χ0) is 9.74. The molecular weight excluding hydrogens is 164 g/mol. The lowest BCUT2D eigenvalue weighted by atomic mass is 9.73. The third-order valence-electron chi connectivity index (χ3n) is 3.79. The Morgan fingerprint density at radius 1 is 1.23 bits per heavy atom. The van der Waals surface area contributed by atoms with Crippen molar-refractivity contribution >= 4 is 0 Å². The Morgan fingerprint density at radius 3 is 2.15 bits per heavy atom. The van der Waals surface area contributed by atoms with E-state index >= 15 is 0 Å². The second-order valence-electron chi connectivity index (χ2n) is 5.63. The smallest absolute Gasteiger partial charge is 0.0856 e. The van der Waals surface area contributed by atoms with Gasteiger partial charge in [-0.1, -0.05) is 13.8 Å². The fourth-order valence-corrected chi connectivity index (χ4v) is 2.66. The van der Waals surface area contributed by atoms with Crippen molar-refractivity contribution < 1.29 is 5.11 Å². The maximum absolute atomic E-state index is 10.4. The van der Waals surface area contributed by atoms with Crippen LogP contribution >= 0.6 is 0 Å². The Hall–Kier alpha value is -0.120. The predicted molar refractivity (Wildman–Crippen MR) is 52.4 cm³/mol. The molecule has 1 saturated heterocycles. The van der Waals surface area contributed by atoms with E-state index in [0.717, 1.165) is 32.4 Å². The number of rotatable bonds is 1. The highest BCUT2D eigenvalue weighted by Crippen LogP contribution is 2.48. The van der Waals surface area contributed by atoms with Gasteiger partial charge in [-0.05, 0) is 24.7 Å². The van der Waals surface area contributed by atoms with Crippen molar-refractivity contribution in [2.24, 2.45) is 11.1 Å². The summed E-state index contributed by atoms with van der Waals surface area (Å²) >= 11 is 0. The zero-order valence-corrected chi connectivity index (χ0v) is 8.56. The fourth-order valence-electron chi connectivity index (χ4n) is 2.66. The van der Waals surface area contributed by atoms with E-state index in [9.17, 15) is 5.11 Å². The average Bonchev–Trinajstić information content (AvgIpc) is 2.22. The van der Waals surface area contributed by atoms with Gasteiger partial charge in [0.05, 0.1) is 11.1 Å². The summed E-state index contributed by atoms with van der Waals surface area (Å²) in [7, 11) is 0. The van der Waals surface area contributed by atoms with Gasteiger partial charge in [0.25, 0.3) is 0 Å². The molecule has 1 aliphatic heterocycles. The van der Waals surface area contributed by atoms with Crippen molar-refractivity contribution in [3.8, 4) is 0 Å². The normalized spacial score (nSPS) is 41.5. The minimum absolute atomic E-state index is 0.261. The maximum atomic E-state index is 10.4. The van der Waals surface area contributed by atoms with Crippen molar-refractivity contribution in [2.75, 3.05) is 13.1 Å². The molecule has 0 bridgehead atoms. The van der Waals surface area contributed by atoms with Gasteiger partial charge in [-0.25, -0.2) is 0 Å². The van der Waals surface area contributed by atoms with Crippen LogP contribution in [-0.4, -0.2) is 29.3 Å². The van der Waals surface area contributed by atoms with Crippen LogP contribution in [0.5, 0.6) is 0 Å². The van der Waals surface area contributed by atoms with E-state index in [0.29, 0.717) is 0 Å². The van der Waals surface area contributed by atoms with E-state index in [1.54, 1.807) is 0 Å². The Kier molecular flexibility index (Phi) is 1.79. The van der Waals surface area contributed by atoms with Crippen molar-refractivity contribution in [2.45, 2.75) is 44.2 Å². The van der Waals surface area contributed by atoms with Crippen molar-refractivity contribution in [1.82, 2.24) is 5.32 Å². The molecule has 2 aliphatic rings. The van der Waals surface area contributed by atoms with E-state index in [1.807, 2.05) is 0 Å². The molecule has 1 saturated carbocycles. The van der Waals surface area contributed by atoms with Gasteiger partial charge in [0.1, 0.15) is 0 Å². The van der Waals surface area contributed by atoms with Gasteiger partial charge in [-0.15, -0.1) is 0 Å². The molecule has 4 N–H and O–H groups in total. The Morgan fingerprint density at radius 2 is 1.85 bits per heavy atom. The number of hydrogen-bond donors (Lipinski definition) is 3. The number of nitrogens with two attached hydrogens (primary N) is 1. The molecule has 1 unspecified atom stereocenters. The second kappa shape index (κ2) is 2.47. The van der Waals surface area contributed by atoms with E-state index in [2.05, 4.69) is 19.2 Å². The van der Waals surface area contributed by atoms with Crippen LogP contribution in [0.3, 0.4) is 0 Å². The van der Waals surface area contributed by atoms with Gasteiger partial charge in [0.2, 0.25) is 0 Å². The van der Waals surface area contributed by atoms with E-state index in [-0.39, 0.29) is 11.0 Å². The topological polar surface area (TPSA) is 58.3 Å². The van der Waals surface area contributed by atoms with Crippen LogP contribution in [0, 0.1) is 5.41 Å². The zero-order valence-electron chi connectivity index (χ0n) is 8.56. The number of hydrogen-bond acceptors (Lipinski definition) is 3. The van der Waals surface area contributed by atoms with Gasteiger partial charge in [0, 0.05) is 13.1 Å². The lowest BCUT2D eigenvalue weighted by Gasteiger charge is -2.50. The molecule has 1 atom stereocenters. The van der Waals surface area contributed by atoms with Crippen LogP contribution in [-0.2, 0) is 0 Å². The van der Waals surface area contributed by atoms with Gasteiger partial charge in [-0.2, -0.15) is 0 Å². The van der Waals surface area contributed by atoms with Crippen molar-refractivity contribution in [1.29, 1.82) is 0 Å². The molecule has 3 nitrogen and oxygen atoms in total. The molecule has 3 heteroatoms. The molecule has 0 radical (unpaired) electrons. The molecule has 0 aromatic heterocycles. The minimum atomic E-state index is -0.623. The Balaban J connectivity index is 2.14. The molecule has 0 spiro atoms. The summed E-state index contributed by atoms with van der Waals surface area (Å²) in [5, 5.41) is 13.6. The highest BCUT2D eigenvalue weighted by atomic mass is 16.3. The molecule has 76 valence electrons. The van der Waals surface area contributed by atoms with Crippen molar-refractivity contribution in [3.63, 3.8) is 0 Å². The van der Waals surface area contributed by atoms with Crippen LogP contribution in [0.2, 0.25) is 0 Å². The first-order valence-electron chi connectivity index (χ1n) is 5.09. The summed E-state index contributed by atoms with van der Waals surface area (Å²) < 4.78 is 0. The van der Waals surface area contributed by atoms with E-state index < -0.39 is 5.60 Å². The first kappa shape index (κ1) is 9.44. The summed E-state index contributed by atoms with van der Waals surface area (Å²) in [4.78, 5) is 0. The highest BCUT2D eigenvalue weighted by molar-refractivity contribution is 5.15. The monoisotopic (exact) mass is 184 g/mol. The highest BCUT2D eigenvalue weighted by Gasteiger charge is 2.56. The van der Waals surface area contributed by atoms with Crippen molar-refractivity contribution in [3.05, 3.63) is 0 Å². The van der Waals surface area contributed by atoms with Crippen LogP contribution in [0.4, 0.5) is 0 Å². The maximum Gasteiger partial charge on any atom is 0.0856 e. The molecule has 2 rings (SSSR count). The predicted octanol–water partition coefficient (Wildman–Crippen LogP) is 0.228. The standard InChI is InChI=1S/C10H20N2O/c1-8(2)3-4-10(13,5-8)9(11)6-12-7-9/h12-13H,3-7,11H2,1-2H3. The summed E-state index contributed by atoms with van der Waals surface area (Å²) in [5.74, 6) is 0. The van der Waals surface area contributed by atoms with Gasteiger partial charge in [0.15, 0.2) is 0 Å². The van der Waals surface area contributed by atoms with Crippen LogP contribution < -0.4 is 11.1 Å². The number of nitrogens with one attached hydrogen (secondary N) is 1. The lowest BCUT2D eigenvalue weighted by molar-refractivity contribution is -0.0591. The third kappa shape index (κ3) is 1.30. The molecule has 1 heterocycles. The second-order valence-corrected chi connectivity index (χ2v) is 5.63. The van der Waals surface area contributed by atoms with Gasteiger partial charge >= 0.3 is 0 Å². The SMILES string of the molecule is CC1(C)CCC(O)(C2(N)CNC2)C1. The summed E-state index contributed by atoms with van der Waals surface area (Å²) in [6.07, 6.45) is 2.79. The summed E-state index contributed by atoms with van der Waals surface area (Å²) in [5.41, 5.74) is 5.43. The first-order chi connectivity index (χ1) is 5.87. The molecular formula is C10H20N2O. The first-order valence-corrected chi connectivity index (χ1v) is 5.09.